The standard InChI is InChI=1S/C12H18/c1-5-9-12(10-6-2)11(7-3)8-4/h1,7H,3,6,8-10H2,2,4H3/b12-11-. The Morgan fingerprint density at radius 2 is 2.17 bits per heavy atom. The lowest BCUT2D eigenvalue weighted by molar-refractivity contribution is 0.863. The van der Waals surface area contributed by atoms with E-state index < -0.39 is 0 Å². The van der Waals surface area contributed by atoms with Crippen LogP contribution in [0.5, 0.6) is 0 Å². The second kappa shape index (κ2) is 6.73. The van der Waals surface area contributed by atoms with E-state index in [1.807, 2.05) is 6.08 Å². The molecule has 0 N–H and O–H groups in total. The molecule has 0 bridgehead atoms. The van der Waals surface area contributed by atoms with Crippen molar-refractivity contribution in [2.45, 2.75) is 39.5 Å². The molecule has 0 fully saturated rings. The highest BCUT2D eigenvalue weighted by Crippen LogP contribution is 2.17. The van der Waals surface area contributed by atoms with E-state index in [2.05, 4.69) is 26.3 Å². The lowest BCUT2D eigenvalue weighted by Gasteiger charge is -2.06. The fraction of sp³-hybridized carbons (Fsp3) is 0.500. The van der Waals surface area contributed by atoms with Crippen LogP contribution in [-0.2, 0) is 0 Å². The van der Waals surface area contributed by atoms with Crippen molar-refractivity contribution in [1.29, 1.82) is 0 Å². The summed E-state index contributed by atoms with van der Waals surface area (Å²) in [6.07, 6.45) is 11.3. The summed E-state index contributed by atoms with van der Waals surface area (Å²) in [6, 6.07) is 0. The Labute approximate surface area is 76.4 Å². The van der Waals surface area contributed by atoms with Gasteiger partial charge in [-0.1, -0.05) is 38.5 Å². The summed E-state index contributed by atoms with van der Waals surface area (Å²) in [5.41, 5.74) is 2.72. The van der Waals surface area contributed by atoms with E-state index in [4.69, 9.17) is 6.42 Å². The van der Waals surface area contributed by atoms with Gasteiger partial charge < -0.3 is 0 Å². The molecule has 0 aliphatic rings. The van der Waals surface area contributed by atoms with Gasteiger partial charge in [0.2, 0.25) is 0 Å². The van der Waals surface area contributed by atoms with E-state index in [-0.39, 0.29) is 0 Å². The van der Waals surface area contributed by atoms with E-state index in [1.165, 1.54) is 11.1 Å². The van der Waals surface area contributed by atoms with Gasteiger partial charge in [0.05, 0.1) is 0 Å². The first kappa shape index (κ1) is 11.0. The van der Waals surface area contributed by atoms with E-state index in [1.54, 1.807) is 0 Å². The van der Waals surface area contributed by atoms with Crippen LogP contribution in [0.25, 0.3) is 0 Å². The van der Waals surface area contributed by atoms with Gasteiger partial charge >= 0.3 is 0 Å². The third-order valence-electron chi connectivity index (χ3n) is 1.95. The number of allylic oxidation sites excluding steroid dienone is 3. The molecular weight excluding hydrogens is 144 g/mol. The molecule has 0 spiro atoms. The molecule has 0 aromatic heterocycles. The summed E-state index contributed by atoms with van der Waals surface area (Å²) >= 11 is 0. The molecule has 0 unspecified atom stereocenters. The third-order valence-corrected chi connectivity index (χ3v) is 1.95. The topological polar surface area (TPSA) is 0 Å². The highest BCUT2D eigenvalue weighted by molar-refractivity contribution is 5.26. The van der Waals surface area contributed by atoms with Gasteiger partial charge in [-0.2, -0.15) is 0 Å². The van der Waals surface area contributed by atoms with Crippen molar-refractivity contribution in [3.8, 4) is 12.3 Å². The molecule has 0 rings (SSSR count). The van der Waals surface area contributed by atoms with Gasteiger partial charge in [-0.05, 0) is 18.4 Å². The lowest BCUT2D eigenvalue weighted by Crippen LogP contribution is -1.88. The summed E-state index contributed by atoms with van der Waals surface area (Å²) in [4.78, 5) is 0. The van der Waals surface area contributed by atoms with Gasteiger partial charge in [0, 0.05) is 6.42 Å². The Kier molecular flexibility index (Phi) is 6.19. The van der Waals surface area contributed by atoms with Crippen molar-refractivity contribution < 1.29 is 0 Å². The zero-order valence-electron chi connectivity index (χ0n) is 8.19. The average molecular weight is 162 g/mol. The zero-order chi connectivity index (χ0) is 9.40. The molecule has 0 aromatic carbocycles. The molecule has 0 amide bonds. The molecule has 0 aliphatic heterocycles. The fourth-order valence-corrected chi connectivity index (χ4v) is 1.33. The molecule has 0 nitrogen and oxygen atoms in total. The SMILES string of the molecule is C#CC/C(CCC)=C(\C=C)CC. The Morgan fingerprint density at radius 3 is 2.50 bits per heavy atom. The first-order chi connectivity index (χ1) is 5.79. The number of terminal acetylenes is 1. The maximum Gasteiger partial charge on any atom is 0.0302 e. The van der Waals surface area contributed by atoms with Crippen molar-refractivity contribution in [2.24, 2.45) is 0 Å². The molecule has 0 heteroatoms. The molecule has 0 radical (unpaired) electrons. The Bertz CT molecular complexity index is 201. The number of hydrogen-bond donors (Lipinski definition) is 0. The molecule has 0 heterocycles. The maximum absolute atomic E-state index is 5.29. The minimum atomic E-state index is 0.781. The van der Waals surface area contributed by atoms with Gasteiger partial charge in [0.25, 0.3) is 0 Å². The van der Waals surface area contributed by atoms with Crippen LogP contribution < -0.4 is 0 Å². The summed E-state index contributed by atoms with van der Waals surface area (Å²) < 4.78 is 0. The molecule has 0 atom stereocenters. The molecule has 66 valence electrons. The highest BCUT2D eigenvalue weighted by Gasteiger charge is 1.99. The average Bonchev–Trinajstić information content (AvgIpc) is 2.07. The third kappa shape index (κ3) is 3.44. The monoisotopic (exact) mass is 162 g/mol. The normalized spacial score (nSPS) is 11.8. The van der Waals surface area contributed by atoms with Gasteiger partial charge in [-0.15, -0.1) is 12.3 Å². The first-order valence-electron chi connectivity index (χ1n) is 4.56. The van der Waals surface area contributed by atoms with Gasteiger partial charge in [-0.3, -0.25) is 0 Å². The first-order valence-corrected chi connectivity index (χ1v) is 4.56. The smallest absolute Gasteiger partial charge is 0.0302 e. The van der Waals surface area contributed by atoms with Gasteiger partial charge in [0.1, 0.15) is 0 Å². The van der Waals surface area contributed by atoms with Crippen LogP contribution in [0.3, 0.4) is 0 Å². The molecule has 0 saturated heterocycles. The van der Waals surface area contributed by atoms with Crippen molar-refractivity contribution in [2.75, 3.05) is 0 Å². The quantitative estimate of drug-likeness (QED) is 0.427. The molecule has 12 heavy (non-hydrogen) atoms. The lowest BCUT2D eigenvalue weighted by atomic mass is 9.99. The van der Waals surface area contributed by atoms with Gasteiger partial charge in [0.15, 0.2) is 0 Å². The second-order valence-corrected chi connectivity index (χ2v) is 2.82. The van der Waals surface area contributed by atoms with Crippen LogP contribution in [0.1, 0.15) is 39.5 Å². The van der Waals surface area contributed by atoms with Crippen LogP contribution in [-0.4, -0.2) is 0 Å². The Morgan fingerprint density at radius 1 is 1.50 bits per heavy atom. The second-order valence-electron chi connectivity index (χ2n) is 2.82. The van der Waals surface area contributed by atoms with Crippen molar-refractivity contribution >= 4 is 0 Å². The molecule has 0 saturated carbocycles. The minimum absolute atomic E-state index is 0.781. The molecule has 0 aliphatic carbocycles. The molecule has 0 aromatic rings. The number of hydrogen-bond acceptors (Lipinski definition) is 0. The van der Waals surface area contributed by atoms with Crippen LogP contribution in [0.15, 0.2) is 23.8 Å². The fourth-order valence-electron chi connectivity index (χ4n) is 1.33. The highest BCUT2D eigenvalue weighted by atomic mass is 14.0. The largest absolute Gasteiger partial charge is 0.120 e. The summed E-state index contributed by atoms with van der Waals surface area (Å²) in [5.74, 6) is 2.70. The van der Waals surface area contributed by atoms with Crippen LogP contribution >= 0.6 is 0 Å². The zero-order valence-corrected chi connectivity index (χ0v) is 8.19. The Balaban J connectivity index is 4.52. The predicted octanol–water partition coefficient (Wildman–Crippen LogP) is 3.70. The molecular formula is C12H18. The van der Waals surface area contributed by atoms with Crippen LogP contribution in [0, 0.1) is 12.3 Å². The van der Waals surface area contributed by atoms with Crippen LogP contribution in [0.2, 0.25) is 0 Å². The number of rotatable bonds is 5. The Hall–Kier alpha value is -0.960. The summed E-state index contributed by atoms with van der Waals surface area (Å²) in [5, 5.41) is 0. The predicted molar refractivity (Wildman–Crippen MR) is 55.9 cm³/mol. The minimum Gasteiger partial charge on any atom is -0.120 e. The van der Waals surface area contributed by atoms with E-state index in [0.717, 1.165) is 25.7 Å². The van der Waals surface area contributed by atoms with Crippen molar-refractivity contribution in [3.63, 3.8) is 0 Å². The van der Waals surface area contributed by atoms with E-state index in [0.29, 0.717) is 0 Å². The van der Waals surface area contributed by atoms with Crippen molar-refractivity contribution in [1.82, 2.24) is 0 Å². The summed E-state index contributed by atoms with van der Waals surface area (Å²) in [6.45, 7) is 8.11. The van der Waals surface area contributed by atoms with E-state index in [9.17, 15) is 0 Å². The maximum atomic E-state index is 5.29. The van der Waals surface area contributed by atoms with Crippen LogP contribution in [0.4, 0.5) is 0 Å². The summed E-state index contributed by atoms with van der Waals surface area (Å²) in [7, 11) is 0. The van der Waals surface area contributed by atoms with Gasteiger partial charge in [-0.25, -0.2) is 0 Å². The van der Waals surface area contributed by atoms with Crippen molar-refractivity contribution in [3.05, 3.63) is 23.8 Å². The van der Waals surface area contributed by atoms with E-state index >= 15 is 0 Å².